The molecule has 1 unspecified atom stereocenters. The molecule has 2 fully saturated rings. The van der Waals surface area contributed by atoms with Gasteiger partial charge in [-0.3, -0.25) is 4.79 Å². The molecule has 0 spiro atoms. The van der Waals surface area contributed by atoms with Crippen molar-refractivity contribution in [1.29, 1.82) is 0 Å². The first-order valence-corrected chi connectivity index (χ1v) is 10.8. The molecule has 0 aromatic heterocycles. The number of fused-ring (bicyclic) bond motifs is 2. The van der Waals surface area contributed by atoms with Crippen molar-refractivity contribution < 1.29 is 13.2 Å². The minimum absolute atomic E-state index is 0.0158. The van der Waals surface area contributed by atoms with E-state index in [1.807, 2.05) is 0 Å². The Morgan fingerprint density at radius 3 is 2.52 bits per heavy atom. The fraction of sp³-hybridized carbons (Fsp3) is 0.421. The van der Waals surface area contributed by atoms with Crippen LogP contribution in [0.5, 0.6) is 0 Å². The topological polar surface area (TPSA) is 57.7 Å². The van der Waals surface area contributed by atoms with Gasteiger partial charge in [0.05, 0.1) is 11.4 Å². The van der Waals surface area contributed by atoms with Crippen LogP contribution in [0.2, 0.25) is 10.0 Å². The molecule has 1 amide bonds. The van der Waals surface area contributed by atoms with Crippen molar-refractivity contribution in [2.45, 2.75) is 36.2 Å². The average Bonchev–Trinajstić information content (AvgIpc) is 2.68. The highest BCUT2D eigenvalue weighted by Gasteiger charge is 2.49. The van der Waals surface area contributed by atoms with E-state index in [2.05, 4.69) is 12.5 Å². The lowest BCUT2D eigenvalue weighted by molar-refractivity contribution is -0.134. The summed E-state index contributed by atoms with van der Waals surface area (Å²) in [5, 5.41) is 0.447. The number of carbonyl (C=O) groups is 1. The molecule has 144 valence electrons. The highest BCUT2D eigenvalue weighted by atomic mass is 35.5. The molecular weight excluding hydrogens is 407 g/mol. The average molecular weight is 427 g/mol. The van der Waals surface area contributed by atoms with Crippen LogP contribution in [0.25, 0.3) is 0 Å². The summed E-state index contributed by atoms with van der Waals surface area (Å²) < 4.78 is 28.3. The van der Waals surface area contributed by atoms with Gasteiger partial charge in [-0.15, -0.1) is 13.0 Å². The van der Waals surface area contributed by atoms with Crippen LogP contribution in [-0.2, 0) is 14.8 Å². The molecule has 0 saturated carbocycles. The number of hydrogen-bond donors (Lipinski definition) is 0. The molecule has 2 bridgehead atoms. The van der Waals surface area contributed by atoms with Gasteiger partial charge in [-0.1, -0.05) is 35.2 Å². The zero-order valence-corrected chi connectivity index (χ0v) is 17.0. The van der Waals surface area contributed by atoms with Gasteiger partial charge in [0.2, 0.25) is 15.9 Å². The Kier molecular flexibility index (Phi) is 5.87. The fourth-order valence-electron chi connectivity index (χ4n) is 3.95. The van der Waals surface area contributed by atoms with E-state index in [0.717, 1.165) is 6.42 Å². The van der Waals surface area contributed by atoms with Crippen LogP contribution in [-0.4, -0.2) is 48.7 Å². The maximum atomic E-state index is 13.5. The Morgan fingerprint density at radius 1 is 1.26 bits per heavy atom. The Labute approximate surface area is 170 Å². The second-order valence-corrected chi connectivity index (χ2v) is 9.49. The predicted molar refractivity (Wildman–Crippen MR) is 106 cm³/mol. The van der Waals surface area contributed by atoms with Crippen molar-refractivity contribution in [3.05, 3.63) is 40.9 Å². The third kappa shape index (κ3) is 3.74. The molecule has 5 nitrogen and oxygen atoms in total. The molecule has 0 aliphatic carbocycles. The Hall–Kier alpha value is -1.52. The van der Waals surface area contributed by atoms with Gasteiger partial charge < -0.3 is 4.90 Å². The van der Waals surface area contributed by atoms with E-state index >= 15 is 0 Å². The molecule has 3 rings (SSSR count). The summed E-state index contributed by atoms with van der Waals surface area (Å²) in [5.74, 6) is 2.01. The fourth-order valence-corrected chi connectivity index (χ4v) is 6.55. The van der Waals surface area contributed by atoms with Gasteiger partial charge in [-0.25, -0.2) is 8.42 Å². The molecule has 0 radical (unpaired) electrons. The van der Waals surface area contributed by atoms with Gasteiger partial charge in [-0.05, 0) is 37.5 Å². The molecular formula is C19H20Cl2N2O3S. The Balaban J connectivity index is 2.13. The number of amides is 1. The molecule has 27 heavy (non-hydrogen) atoms. The Bertz CT molecular complexity index is 890. The van der Waals surface area contributed by atoms with Crippen LogP contribution in [0, 0.1) is 18.3 Å². The van der Waals surface area contributed by atoms with Crippen molar-refractivity contribution in [2.24, 2.45) is 5.92 Å². The lowest BCUT2D eigenvalue weighted by Crippen LogP contribution is -2.54. The van der Waals surface area contributed by atoms with Crippen molar-refractivity contribution in [2.75, 3.05) is 13.1 Å². The number of sulfonamides is 1. The molecule has 1 aromatic rings. The van der Waals surface area contributed by atoms with Crippen molar-refractivity contribution >= 4 is 39.1 Å². The first kappa shape index (κ1) is 20.2. The second kappa shape index (κ2) is 7.84. The largest absolute Gasteiger partial charge is 0.330 e. The quantitative estimate of drug-likeness (QED) is 0.548. The summed E-state index contributed by atoms with van der Waals surface area (Å²) in [7, 11) is -3.99. The minimum Gasteiger partial charge on any atom is -0.330 e. The number of terminal acetylenes is 1. The normalized spacial score (nSPS) is 26.3. The molecule has 2 heterocycles. The maximum Gasteiger partial charge on any atom is 0.244 e. The maximum absolute atomic E-state index is 13.5. The lowest BCUT2D eigenvalue weighted by Gasteiger charge is -2.40. The standard InChI is InChI=1S/C19H20Cl2N2O3S/c1-3-8-22-12-13(4-2)17-6-5-7-18(19(22)24)23(17)27(25,26)16-10-14(20)9-15(21)11-16/h1,4,9-11,13,17-18H,2,5-8,12H2/t13-,17-,18?/m0/s1. The first-order valence-electron chi connectivity index (χ1n) is 8.64. The van der Waals surface area contributed by atoms with Crippen molar-refractivity contribution in [1.82, 2.24) is 9.21 Å². The highest BCUT2D eigenvalue weighted by molar-refractivity contribution is 7.89. The summed E-state index contributed by atoms with van der Waals surface area (Å²) in [4.78, 5) is 14.6. The van der Waals surface area contributed by atoms with E-state index in [4.69, 9.17) is 29.6 Å². The van der Waals surface area contributed by atoms with Gasteiger partial charge in [0.15, 0.2) is 0 Å². The number of carbonyl (C=O) groups excluding carboxylic acids is 1. The minimum atomic E-state index is -3.99. The highest BCUT2D eigenvalue weighted by Crippen LogP contribution is 2.38. The summed E-state index contributed by atoms with van der Waals surface area (Å²) in [6.45, 7) is 4.36. The number of nitrogens with zero attached hydrogens (tertiary/aromatic N) is 2. The van der Waals surface area contributed by atoms with Crippen LogP contribution in [0.4, 0.5) is 0 Å². The Morgan fingerprint density at radius 2 is 1.93 bits per heavy atom. The van der Waals surface area contributed by atoms with E-state index in [-0.39, 0.29) is 39.4 Å². The van der Waals surface area contributed by atoms with Crippen molar-refractivity contribution in [3.63, 3.8) is 0 Å². The van der Waals surface area contributed by atoms with Gasteiger partial charge in [0.1, 0.15) is 6.04 Å². The van der Waals surface area contributed by atoms with Gasteiger partial charge in [0.25, 0.3) is 0 Å². The van der Waals surface area contributed by atoms with Crippen LogP contribution >= 0.6 is 23.2 Å². The smallest absolute Gasteiger partial charge is 0.244 e. The van der Waals surface area contributed by atoms with Crippen LogP contribution in [0.1, 0.15) is 19.3 Å². The van der Waals surface area contributed by atoms with Crippen LogP contribution in [0.3, 0.4) is 0 Å². The van der Waals surface area contributed by atoms with Crippen molar-refractivity contribution in [3.8, 4) is 12.3 Å². The summed E-state index contributed by atoms with van der Waals surface area (Å²) in [5.41, 5.74) is 0. The summed E-state index contributed by atoms with van der Waals surface area (Å²) in [6, 6.07) is 3.03. The van der Waals surface area contributed by atoms with Crippen LogP contribution in [0.15, 0.2) is 35.7 Å². The van der Waals surface area contributed by atoms with Gasteiger partial charge in [0, 0.05) is 28.5 Å². The number of hydrogen-bond acceptors (Lipinski definition) is 3. The molecule has 3 atom stereocenters. The van der Waals surface area contributed by atoms with E-state index in [1.54, 1.807) is 11.0 Å². The number of rotatable bonds is 4. The first-order chi connectivity index (χ1) is 12.8. The summed E-state index contributed by atoms with van der Waals surface area (Å²) in [6.07, 6.45) is 8.99. The predicted octanol–water partition coefficient (Wildman–Crippen LogP) is 3.18. The monoisotopic (exact) mass is 426 g/mol. The number of piperidine rings is 1. The molecule has 2 aliphatic heterocycles. The van der Waals surface area contributed by atoms with Crippen LogP contribution < -0.4 is 0 Å². The molecule has 8 heteroatoms. The SMILES string of the molecule is C#CCN1C[C@H](C=C)[C@@H]2CCCC(C1=O)N2S(=O)(=O)c1cc(Cl)cc(Cl)c1. The third-order valence-electron chi connectivity index (χ3n) is 5.13. The molecule has 0 N–H and O–H groups in total. The molecule has 1 aromatic carbocycles. The van der Waals surface area contributed by atoms with E-state index in [0.29, 0.717) is 19.4 Å². The third-order valence-corrected chi connectivity index (χ3v) is 7.48. The van der Waals surface area contributed by atoms with E-state index in [1.165, 1.54) is 22.5 Å². The number of halogens is 2. The zero-order chi connectivity index (χ0) is 19.8. The van der Waals surface area contributed by atoms with Gasteiger partial charge in [-0.2, -0.15) is 4.31 Å². The molecule has 2 aliphatic rings. The van der Waals surface area contributed by atoms with Gasteiger partial charge >= 0.3 is 0 Å². The lowest BCUT2D eigenvalue weighted by atomic mass is 9.90. The summed E-state index contributed by atoms with van der Waals surface area (Å²) >= 11 is 12.0. The zero-order valence-electron chi connectivity index (χ0n) is 14.6. The van der Waals surface area contributed by atoms with E-state index < -0.39 is 16.1 Å². The second-order valence-electron chi connectivity index (χ2n) is 6.78. The molecule has 2 saturated heterocycles. The number of benzene rings is 1. The van der Waals surface area contributed by atoms with E-state index in [9.17, 15) is 13.2 Å².